The highest BCUT2D eigenvalue weighted by molar-refractivity contribution is 5.75. The van der Waals surface area contributed by atoms with Crippen molar-refractivity contribution in [3.63, 3.8) is 0 Å². The number of amides is 2. The number of piperidine rings is 1. The third kappa shape index (κ3) is 4.50. The van der Waals surface area contributed by atoms with Crippen molar-refractivity contribution in [2.75, 3.05) is 19.6 Å². The molecule has 2 amide bonds. The lowest BCUT2D eigenvalue weighted by molar-refractivity contribution is -0.146. The van der Waals surface area contributed by atoms with Crippen LogP contribution in [0.15, 0.2) is 0 Å². The summed E-state index contributed by atoms with van der Waals surface area (Å²) in [5.74, 6) is -1.30. The number of nitrogens with one attached hydrogen (secondary N) is 1. The zero-order valence-electron chi connectivity index (χ0n) is 10.4. The summed E-state index contributed by atoms with van der Waals surface area (Å²) >= 11 is 0. The van der Waals surface area contributed by atoms with E-state index in [1.807, 2.05) is 0 Å². The van der Waals surface area contributed by atoms with Gasteiger partial charge in [-0.25, -0.2) is 9.59 Å². The number of urea groups is 1. The van der Waals surface area contributed by atoms with E-state index in [9.17, 15) is 14.7 Å². The fraction of sp³-hybridized carbons (Fsp3) is 0.818. The first-order chi connectivity index (χ1) is 8.32. The number of β-amino-alcohol motifs (C(OH)–C–C–N with tert-alkyl or cyclic N) is 1. The molecule has 0 aliphatic carbocycles. The number of hydrogen-bond acceptors (Lipinski definition) is 4. The predicted molar refractivity (Wildman–Crippen MR) is 63.1 cm³/mol. The summed E-state index contributed by atoms with van der Waals surface area (Å²) in [6.45, 7) is 2.61. The SMILES string of the molecule is CC1(O)CCCN(C(=O)NCC[C@H](O)C(=O)O)C1. The molecule has 1 aliphatic rings. The van der Waals surface area contributed by atoms with Crippen LogP contribution in [0.3, 0.4) is 0 Å². The van der Waals surface area contributed by atoms with Gasteiger partial charge >= 0.3 is 12.0 Å². The monoisotopic (exact) mass is 260 g/mol. The van der Waals surface area contributed by atoms with Crippen LogP contribution in [0.5, 0.6) is 0 Å². The minimum Gasteiger partial charge on any atom is -0.479 e. The van der Waals surface area contributed by atoms with Crippen molar-refractivity contribution in [1.29, 1.82) is 0 Å². The molecule has 0 saturated carbocycles. The molecule has 0 aromatic carbocycles. The number of carbonyl (C=O) groups is 2. The standard InChI is InChI=1S/C11H20N2O5/c1-11(18)4-2-6-13(7-11)10(17)12-5-3-8(14)9(15)16/h8,14,18H,2-7H2,1H3,(H,12,17)(H,15,16)/t8-,11?/m0/s1. The van der Waals surface area contributed by atoms with Crippen molar-refractivity contribution in [3.8, 4) is 0 Å². The molecule has 7 heteroatoms. The fourth-order valence-electron chi connectivity index (χ4n) is 1.94. The van der Waals surface area contributed by atoms with Crippen molar-refractivity contribution in [2.24, 2.45) is 0 Å². The molecule has 0 radical (unpaired) electrons. The molecule has 4 N–H and O–H groups in total. The van der Waals surface area contributed by atoms with Gasteiger partial charge in [-0.3, -0.25) is 0 Å². The summed E-state index contributed by atoms with van der Waals surface area (Å²) in [5, 5.41) is 29.9. The third-order valence-electron chi connectivity index (χ3n) is 2.94. The molecule has 1 heterocycles. The second-order valence-corrected chi connectivity index (χ2v) is 4.90. The molecule has 1 aliphatic heterocycles. The van der Waals surface area contributed by atoms with Crippen LogP contribution in [0.2, 0.25) is 0 Å². The molecule has 18 heavy (non-hydrogen) atoms. The molecule has 2 atom stereocenters. The van der Waals surface area contributed by atoms with Crippen molar-refractivity contribution < 1.29 is 24.9 Å². The largest absolute Gasteiger partial charge is 0.479 e. The second-order valence-electron chi connectivity index (χ2n) is 4.90. The maximum Gasteiger partial charge on any atom is 0.332 e. The predicted octanol–water partition coefficient (Wildman–Crippen LogP) is -0.622. The van der Waals surface area contributed by atoms with E-state index in [0.717, 1.165) is 6.42 Å². The van der Waals surface area contributed by atoms with Crippen LogP contribution in [0.4, 0.5) is 4.79 Å². The van der Waals surface area contributed by atoms with Gasteiger partial charge in [0.05, 0.1) is 12.1 Å². The fourth-order valence-corrected chi connectivity index (χ4v) is 1.94. The van der Waals surface area contributed by atoms with Crippen molar-refractivity contribution >= 4 is 12.0 Å². The summed E-state index contributed by atoms with van der Waals surface area (Å²) in [6, 6.07) is -0.340. The van der Waals surface area contributed by atoms with Crippen molar-refractivity contribution in [1.82, 2.24) is 10.2 Å². The molecule has 0 aromatic rings. The van der Waals surface area contributed by atoms with Gasteiger partial charge in [-0.05, 0) is 19.8 Å². The number of aliphatic hydroxyl groups is 2. The van der Waals surface area contributed by atoms with Crippen LogP contribution in [0.25, 0.3) is 0 Å². The van der Waals surface area contributed by atoms with Crippen molar-refractivity contribution in [2.45, 2.75) is 37.9 Å². The Labute approximate surface area is 105 Å². The Morgan fingerprint density at radius 3 is 2.72 bits per heavy atom. The molecule has 1 rings (SSSR count). The number of aliphatic hydroxyl groups excluding tert-OH is 1. The van der Waals surface area contributed by atoms with E-state index in [-0.39, 0.29) is 25.5 Å². The van der Waals surface area contributed by atoms with E-state index in [2.05, 4.69) is 5.32 Å². The molecule has 1 fully saturated rings. The van der Waals surface area contributed by atoms with Gasteiger partial charge in [0.2, 0.25) is 0 Å². The smallest absolute Gasteiger partial charge is 0.332 e. The van der Waals surface area contributed by atoms with Gasteiger partial charge in [0.25, 0.3) is 0 Å². The lowest BCUT2D eigenvalue weighted by Gasteiger charge is -2.36. The van der Waals surface area contributed by atoms with E-state index in [1.165, 1.54) is 4.90 Å². The molecule has 0 bridgehead atoms. The van der Waals surface area contributed by atoms with E-state index in [0.29, 0.717) is 13.0 Å². The molecule has 1 unspecified atom stereocenters. The van der Waals surface area contributed by atoms with Crippen LogP contribution < -0.4 is 5.32 Å². The summed E-state index contributed by atoms with van der Waals surface area (Å²) in [5.41, 5.74) is -0.865. The number of aliphatic carboxylic acids is 1. The van der Waals surface area contributed by atoms with Gasteiger partial charge in [0.15, 0.2) is 6.10 Å². The normalized spacial score (nSPS) is 25.6. The van der Waals surface area contributed by atoms with E-state index in [1.54, 1.807) is 6.92 Å². The number of nitrogens with zero attached hydrogens (tertiary/aromatic N) is 1. The Hall–Kier alpha value is -1.34. The van der Waals surface area contributed by atoms with E-state index < -0.39 is 17.7 Å². The molecule has 1 saturated heterocycles. The zero-order chi connectivity index (χ0) is 13.8. The molecular weight excluding hydrogens is 240 g/mol. The number of hydrogen-bond donors (Lipinski definition) is 4. The number of carbonyl (C=O) groups excluding carboxylic acids is 1. The number of carboxylic acids is 1. The van der Waals surface area contributed by atoms with E-state index >= 15 is 0 Å². The Balaban J connectivity index is 2.30. The van der Waals surface area contributed by atoms with Gasteiger partial charge in [0, 0.05) is 19.5 Å². The van der Waals surface area contributed by atoms with Gasteiger partial charge in [0.1, 0.15) is 0 Å². The van der Waals surface area contributed by atoms with Crippen LogP contribution in [0, 0.1) is 0 Å². The summed E-state index contributed by atoms with van der Waals surface area (Å²) in [4.78, 5) is 23.6. The topological polar surface area (TPSA) is 110 Å². The maximum atomic E-state index is 11.7. The minimum absolute atomic E-state index is 0.0364. The number of rotatable bonds is 4. The molecule has 0 aromatic heterocycles. The van der Waals surface area contributed by atoms with Crippen LogP contribution in [0.1, 0.15) is 26.2 Å². The van der Waals surface area contributed by atoms with Gasteiger partial charge in [-0.1, -0.05) is 0 Å². The zero-order valence-corrected chi connectivity index (χ0v) is 10.4. The quantitative estimate of drug-likeness (QED) is 0.538. The maximum absolute atomic E-state index is 11.7. The lowest BCUT2D eigenvalue weighted by atomic mass is 9.95. The van der Waals surface area contributed by atoms with Crippen LogP contribution in [-0.2, 0) is 4.79 Å². The molecule has 104 valence electrons. The minimum atomic E-state index is -1.46. The first-order valence-electron chi connectivity index (χ1n) is 5.98. The summed E-state index contributed by atoms with van der Waals surface area (Å²) in [6.07, 6.45) is -0.104. The summed E-state index contributed by atoms with van der Waals surface area (Å²) in [7, 11) is 0. The number of likely N-dealkylation sites (tertiary alicyclic amines) is 1. The highest BCUT2D eigenvalue weighted by atomic mass is 16.4. The Morgan fingerprint density at radius 2 is 2.17 bits per heavy atom. The van der Waals surface area contributed by atoms with Crippen molar-refractivity contribution in [3.05, 3.63) is 0 Å². The van der Waals surface area contributed by atoms with Gasteiger partial charge in [-0.2, -0.15) is 0 Å². The Morgan fingerprint density at radius 1 is 1.50 bits per heavy atom. The molecule has 0 spiro atoms. The van der Waals surface area contributed by atoms with Crippen LogP contribution in [-0.4, -0.2) is 63.6 Å². The highest BCUT2D eigenvalue weighted by Crippen LogP contribution is 2.19. The molecular formula is C11H20N2O5. The highest BCUT2D eigenvalue weighted by Gasteiger charge is 2.30. The third-order valence-corrected chi connectivity index (χ3v) is 2.94. The average Bonchev–Trinajstić information content (AvgIpc) is 2.27. The Bertz CT molecular complexity index is 319. The van der Waals surface area contributed by atoms with Crippen LogP contribution >= 0.6 is 0 Å². The first kappa shape index (κ1) is 14.7. The van der Waals surface area contributed by atoms with Gasteiger partial charge < -0.3 is 25.5 Å². The molecule has 7 nitrogen and oxygen atoms in total. The van der Waals surface area contributed by atoms with Gasteiger partial charge in [-0.15, -0.1) is 0 Å². The lowest BCUT2D eigenvalue weighted by Crippen LogP contribution is -2.52. The summed E-state index contributed by atoms with van der Waals surface area (Å²) < 4.78 is 0. The average molecular weight is 260 g/mol. The second kappa shape index (κ2) is 6.01. The van der Waals surface area contributed by atoms with E-state index in [4.69, 9.17) is 10.2 Å². The Kier molecular flexibility index (Phi) is 4.92. The first-order valence-corrected chi connectivity index (χ1v) is 5.98. The number of carboxylic acid groups (broad SMARTS) is 1.